The summed E-state index contributed by atoms with van der Waals surface area (Å²) in [6.07, 6.45) is 1.84. The van der Waals surface area contributed by atoms with Crippen molar-refractivity contribution in [2.24, 2.45) is 4.99 Å². The van der Waals surface area contributed by atoms with Crippen LogP contribution in [0.3, 0.4) is 0 Å². The third-order valence-corrected chi connectivity index (χ3v) is 8.17. The molecule has 0 unspecified atom stereocenters. The van der Waals surface area contributed by atoms with Crippen molar-refractivity contribution in [2.45, 2.75) is 25.3 Å². The number of methoxy groups -OCH3 is 1. The van der Waals surface area contributed by atoms with Gasteiger partial charge in [0.2, 0.25) is 15.9 Å². The van der Waals surface area contributed by atoms with Crippen LogP contribution in [-0.4, -0.2) is 86.3 Å². The smallest absolute Gasteiger partial charge is 0.413 e. The Kier molecular flexibility index (Phi) is 8.72. The van der Waals surface area contributed by atoms with Crippen LogP contribution in [0.5, 0.6) is 5.75 Å². The average Bonchev–Trinajstić information content (AvgIpc) is 3.34. The minimum Gasteiger partial charge on any atom is -0.497 e. The molecule has 2 aromatic carbocycles. The Morgan fingerprint density at radius 1 is 1.14 bits per heavy atom. The number of amides is 2. The number of carboxylic acid groups (broad SMARTS) is 1. The van der Waals surface area contributed by atoms with Crippen molar-refractivity contribution in [3.8, 4) is 5.75 Å². The van der Waals surface area contributed by atoms with E-state index in [1.165, 1.54) is 40.4 Å². The summed E-state index contributed by atoms with van der Waals surface area (Å²) >= 11 is 0. The summed E-state index contributed by atoms with van der Waals surface area (Å²) in [5.74, 6) is 0.740. The lowest BCUT2D eigenvalue weighted by molar-refractivity contribution is -0.125. The fourth-order valence-electron chi connectivity index (χ4n) is 4.11. The van der Waals surface area contributed by atoms with Crippen LogP contribution in [0, 0.1) is 13.8 Å². The molecular weight excluding hydrogens is 496 g/mol. The van der Waals surface area contributed by atoms with Gasteiger partial charge >= 0.3 is 6.09 Å². The Labute approximate surface area is 217 Å². The van der Waals surface area contributed by atoms with E-state index in [2.05, 4.69) is 4.99 Å². The van der Waals surface area contributed by atoms with Crippen LogP contribution in [0.15, 0.2) is 58.4 Å². The van der Waals surface area contributed by atoms with Crippen molar-refractivity contribution in [1.29, 1.82) is 0 Å². The zero-order chi connectivity index (χ0) is 27.3. The number of sulfonamides is 1. The van der Waals surface area contributed by atoms with Gasteiger partial charge in [-0.15, -0.1) is 0 Å². The summed E-state index contributed by atoms with van der Waals surface area (Å²) in [6, 6.07) is 10.6. The topological polar surface area (TPSA) is 120 Å². The molecule has 0 aromatic heterocycles. The van der Waals surface area contributed by atoms with E-state index in [9.17, 15) is 23.1 Å². The van der Waals surface area contributed by atoms with E-state index < -0.39 is 16.1 Å². The summed E-state index contributed by atoms with van der Waals surface area (Å²) in [5, 5.41) is 9.28. The number of amidine groups is 1. The van der Waals surface area contributed by atoms with Gasteiger partial charge in [-0.2, -0.15) is 4.31 Å². The summed E-state index contributed by atoms with van der Waals surface area (Å²) in [4.78, 5) is 31.1. The lowest BCUT2D eigenvalue weighted by Crippen LogP contribution is -2.33. The van der Waals surface area contributed by atoms with Crippen LogP contribution in [0.25, 0.3) is 0 Å². The van der Waals surface area contributed by atoms with Crippen molar-refractivity contribution in [3.05, 3.63) is 70.8 Å². The first-order valence-electron chi connectivity index (χ1n) is 11.6. The molecule has 0 spiro atoms. The van der Waals surface area contributed by atoms with Gasteiger partial charge in [-0.3, -0.25) is 14.7 Å². The highest BCUT2D eigenvalue weighted by Gasteiger charge is 2.25. The van der Waals surface area contributed by atoms with E-state index >= 15 is 0 Å². The van der Waals surface area contributed by atoms with E-state index in [0.29, 0.717) is 47.9 Å². The molecule has 0 saturated heterocycles. The van der Waals surface area contributed by atoms with Gasteiger partial charge < -0.3 is 14.7 Å². The van der Waals surface area contributed by atoms with Crippen LogP contribution < -0.4 is 4.74 Å². The van der Waals surface area contributed by atoms with Crippen molar-refractivity contribution in [3.63, 3.8) is 0 Å². The molecule has 1 aliphatic heterocycles. The zero-order valence-corrected chi connectivity index (χ0v) is 22.4. The number of carbonyl (C=O) groups excluding carboxylic acids is 1. The summed E-state index contributed by atoms with van der Waals surface area (Å²) in [5.41, 5.74) is 2.73. The highest BCUT2D eigenvalue weighted by molar-refractivity contribution is 7.89. The van der Waals surface area contributed by atoms with Crippen molar-refractivity contribution >= 4 is 27.9 Å². The van der Waals surface area contributed by atoms with Crippen LogP contribution in [-0.2, 0) is 21.4 Å². The monoisotopic (exact) mass is 528 g/mol. The first-order valence-corrected chi connectivity index (χ1v) is 13.1. The van der Waals surface area contributed by atoms with Gasteiger partial charge in [-0.25, -0.2) is 13.2 Å². The fourth-order valence-corrected chi connectivity index (χ4v) is 5.64. The molecule has 11 heteroatoms. The first-order chi connectivity index (χ1) is 17.4. The predicted molar refractivity (Wildman–Crippen MR) is 140 cm³/mol. The Bertz CT molecular complexity index is 1310. The summed E-state index contributed by atoms with van der Waals surface area (Å²) in [7, 11) is 0.892. The number of aliphatic imine (C=N–C) groups is 1. The maximum Gasteiger partial charge on any atom is 0.413 e. The van der Waals surface area contributed by atoms with Gasteiger partial charge in [-0.05, 0) is 42.7 Å². The van der Waals surface area contributed by atoms with Crippen molar-refractivity contribution in [2.75, 3.05) is 40.8 Å². The molecule has 198 valence electrons. The first kappa shape index (κ1) is 27.9. The largest absolute Gasteiger partial charge is 0.497 e. The molecule has 0 radical (unpaired) electrons. The zero-order valence-electron chi connectivity index (χ0n) is 21.6. The van der Waals surface area contributed by atoms with Gasteiger partial charge in [0, 0.05) is 38.8 Å². The number of nitrogens with zero attached hydrogens (tertiary/aromatic N) is 4. The number of hydrogen-bond donors (Lipinski definition) is 1. The molecule has 0 atom stereocenters. The number of ether oxygens (including phenoxy) is 1. The van der Waals surface area contributed by atoms with E-state index in [1.54, 1.807) is 45.2 Å². The standard InChI is InChI=1S/C26H32N4O6S/c1-18-15-22(36-5)16-19(2)24(18)37(34,35)29(4)13-6-7-23(31)28(3)17-20-8-10-21(11-9-20)25-27-12-14-30(25)26(32)33/h6-11,15-16H,12-14,17H2,1-5H3,(H,32,33)/b7-6+. The Balaban J connectivity index is 1.60. The number of benzene rings is 2. The van der Waals surface area contributed by atoms with Gasteiger partial charge in [0.25, 0.3) is 0 Å². The molecule has 1 aliphatic rings. The Morgan fingerprint density at radius 3 is 2.32 bits per heavy atom. The number of hydrogen-bond acceptors (Lipinski definition) is 6. The van der Waals surface area contributed by atoms with Crippen LogP contribution in [0.1, 0.15) is 22.3 Å². The molecule has 0 fully saturated rings. The number of aryl methyl sites for hydroxylation is 2. The van der Waals surface area contributed by atoms with Crippen LogP contribution in [0.2, 0.25) is 0 Å². The van der Waals surface area contributed by atoms with E-state index in [0.717, 1.165) is 5.56 Å². The minimum absolute atomic E-state index is 0.0315. The average molecular weight is 529 g/mol. The molecule has 1 heterocycles. The molecule has 1 N–H and O–H groups in total. The highest BCUT2D eigenvalue weighted by Crippen LogP contribution is 2.27. The predicted octanol–water partition coefficient (Wildman–Crippen LogP) is 2.89. The molecule has 3 rings (SSSR count). The van der Waals surface area contributed by atoms with Gasteiger partial charge in [0.05, 0.1) is 25.1 Å². The second-order valence-electron chi connectivity index (χ2n) is 8.81. The fraction of sp³-hybridized carbons (Fsp3) is 0.346. The molecule has 0 aliphatic carbocycles. The van der Waals surface area contributed by atoms with Crippen LogP contribution in [0.4, 0.5) is 4.79 Å². The summed E-state index contributed by atoms with van der Waals surface area (Å²) in [6.45, 7) is 4.58. The third kappa shape index (κ3) is 6.36. The molecule has 2 aromatic rings. The number of likely N-dealkylation sites (N-methyl/N-ethyl adjacent to an activating group) is 2. The second-order valence-corrected chi connectivity index (χ2v) is 10.8. The van der Waals surface area contributed by atoms with Crippen molar-refractivity contribution < 1.29 is 27.9 Å². The molecular formula is C26H32N4O6S. The third-order valence-electron chi connectivity index (χ3n) is 6.04. The molecule has 10 nitrogen and oxygen atoms in total. The normalized spacial score (nSPS) is 13.8. The lowest BCUT2D eigenvalue weighted by atomic mass is 10.1. The van der Waals surface area contributed by atoms with E-state index in [1.807, 2.05) is 12.1 Å². The van der Waals surface area contributed by atoms with Gasteiger partial charge in [-0.1, -0.05) is 30.3 Å². The SMILES string of the molecule is COc1cc(C)c(S(=O)(=O)N(C)C/C=C/C(=O)N(C)Cc2ccc(C3=NCCN3C(=O)O)cc2)c(C)c1. The number of rotatable bonds is 9. The Hall–Kier alpha value is -3.70. The van der Waals surface area contributed by atoms with Crippen molar-refractivity contribution in [1.82, 2.24) is 14.1 Å². The maximum absolute atomic E-state index is 13.1. The highest BCUT2D eigenvalue weighted by atomic mass is 32.2. The van der Waals surface area contributed by atoms with Crippen LogP contribution >= 0.6 is 0 Å². The lowest BCUT2D eigenvalue weighted by Gasteiger charge is -2.20. The van der Waals surface area contributed by atoms with E-state index in [4.69, 9.17) is 4.74 Å². The molecule has 37 heavy (non-hydrogen) atoms. The molecule has 0 saturated carbocycles. The van der Waals surface area contributed by atoms with Gasteiger partial charge in [0.15, 0.2) is 0 Å². The number of carbonyl (C=O) groups is 2. The van der Waals surface area contributed by atoms with Gasteiger partial charge in [0.1, 0.15) is 11.6 Å². The van der Waals surface area contributed by atoms with E-state index in [-0.39, 0.29) is 17.3 Å². The molecule has 2 amide bonds. The Morgan fingerprint density at radius 2 is 1.76 bits per heavy atom. The molecule has 0 bridgehead atoms. The summed E-state index contributed by atoms with van der Waals surface area (Å²) < 4.78 is 32.6. The maximum atomic E-state index is 13.1. The second kappa shape index (κ2) is 11.6. The quantitative estimate of drug-likeness (QED) is 0.500. The minimum atomic E-state index is -3.76.